The fraction of sp³-hybridized carbons (Fsp3) is 0.125. The molecule has 154 valence electrons. The van der Waals surface area contributed by atoms with Crippen molar-refractivity contribution >= 4 is 22.2 Å². The second-order valence-corrected chi connectivity index (χ2v) is 8.56. The summed E-state index contributed by atoms with van der Waals surface area (Å²) in [6.45, 7) is 1.71. The molecule has 6 heteroatoms. The molecule has 0 aliphatic heterocycles. The van der Waals surface area contributed by atoms with Gasteiger partial charge in [-0.1, -0.05) is 90.5 Å². The van der Waals surface area contributed by atoms with Crippen molar-refractivity contribution in [3.8, 4) is 0 Å². The summed E-state index contributed by atoms with van der Waals surface area (Å²) in [7, 11) is -4.07. The van der Waals surface area contributed by atoms with Gasteiger partial charge in [-0.25, -0.2) is 13.2 Å². The van der Waals surface area contributed by atoms with E-state index in [1.165, 1.54) is 12.1 Å². The number of benzene rings is 3. The van der Waals surface area contributed by atoms with Crippen molar-refractivity contribution in [3.63, 3.8) is 0 Å². The molecule has 0 fully saturated rings. The van der Waals surface area contributed by atoms with Crippen molar-refractivity contribution in [2.75, 3.05) is 6.54 Å². The van der Waals surface area contributed by atoms with Gasteiger partial charge in [0.2, 0.25) is 0 Å². The Bertz CT molecular complexity index is 1090. The van der Waals surface area contributed by atoms with Crippen LogP contribution in [0.4, 0.5) is 4.79 Å². The summed E-state index contributed by atoms with van der Waals surface area (Å²) in [5, 5.41) is 0. The van der Waals surface area contributed by atoms with Crippen LogP contribution < -0.4 is 0 Å². The molecule has 1 amide bonds. The summed E-state index contributed by atoms with van der Waals surface area (Å²) in [5.74, 6) is 0. The van der Waals surface area contributed by atoms with E-state index in [0.717, 1.165) is 21.0 Å². The Morgan fingerprint density at radius 1 is 0.900 bits per heavy atom. The average Bonchev–Trinajstić information content (AvgIpc) is 2.76. The van der Waals surface area contributed by atoms with Crippen molar-refractivity contribution in [3.05, 3.63) is 108 Å². The quantitative estimate of drug-likeness (QED) is 0.536. The zero-order valence-electron chi connectivity index (χ0n) is 16.6. The molecular weight excluding hydrogens is 398 g/mol. The van der Waals surface area contributed by atoms with Crippen molar-refractivity contribution in [1.82, 2.24) is 4.31 Å². The third-order valence-corrected chi connectivity index (χ3v) is 6.15. The number of sulfonamides is 1. The number of ether oxygens (including phenoxy) is 1. The third kappa shape index (κ3) is 5.58. The van der Waals surface area contributed by atoms with Gasteiger partial charge in [0.1, 0.15) is 6.61 Å². The SMILES string of the molecule is Cc1ccc(S(=O)(=O)N(C/C=C\c2ccccc2)C(=O)OCc2ccccc2)cc1. The maximum atomic E-state index is 13.1. The molecular formula is C24H23NO4S. The van der Waals surface area contributed by atoms with E-state index < -0.39 is 16.1 Å². The summed E-state index contributed by atoms with van der Waals surface area (Å²) in [4.78, 5) is 12.8. The summed E-state index contributed by atoms with van der Waals surface area (Å²) in [5.41, 5.74) is 2.61. The van der Waals surface area contributed by atoms with Crippen molar-refractivity contribution < 1.29 is 17.9 Å². The molecule has 0 N–H and O–H groups in total. The zero-order valence-corrected chi connectivity index (χ0v) is 17.5. The normalized spacial score (nSPS) is 11.4. The van der Waals surface area contributed by atoms with Crippen molar-refractivity contribution in [2.45, 2.75) is 18.4 Å². The predicted molar refractivity (Wildman–Crippen MR) is 117 cm³/mol. The number of carbonyl (C=O) groups is 1. The van der Waals surface area contributed by atoms with E-state index in [1.54, 1.807) is 36.4 Å². The molecule has 30 heavy (non-hydrogen) atoms. The fourth-order valence-corrected chi connectivity index (χ4v) is 4.01. The first kappa shape index (κ1) is 21.3. The monoisotopic (exact) mass is 421 g/mol. The lowest BCUT2D eigenvalue weighted by molar-refractivity contribution is 0.121. The molecule has 5 nitrogen and oxygen atoms in total. The lowest BCUT2D eigenvalue weighted by atomic mass is 10.2. The number of hydrogen-bond acceptors (Lipinski definition) is 4. The van der Waals surface area contributed by atoms with Gasteiger partial charge in [-0.15, -0.1) is 0 Å². The molecule has 3 rings (SSSR count). The first-order valence-corrected chi connectivity index (χ1v) is 10.9. The van der Waals surface area contributed by atoms with Gasteiger partial charge in [0.15, 0.2) is 0 Å². The molecule has 0 saturated heterocycles. The van der Waals surface area contributed by atoms with Gasteiger partial charge in [-0.05, 0) is 30.2 Å². The van der Waals surface area contributed by atoms with Crippen LogP contribution in [0.1, 0.15) is 16.7 Å². The molecule has 0 bridgehead atoms. The van der Waals surface area contributed by atoms with Gasteiger partial charge < -0.3 is 4.74 Å². The van der Waals surface area contributed by atoms with Crippen LogP contribution in [-0.4, -0.2) is 25.4 Å². The molecule has 3 aromatic rings. The largest absolute Gasteiger partial charge is 0.444 e. The van der Waals surface area contributed by atoms with E-state index in [1.807, 2.05) is 55.5 Å². The van der Waals surface area contributed by atoms with Crippen LogP contribution >= 0.6 is 0 Å². The molecule has 0 spiro atoms. The lowest BCUT2D eigenvalue weighted by Gasteiger charge is -2.21. The summed E-state index contributed by atoms with van der Waals surface area (Å²) < 4.78 is 32.3. The average molecular weight is 422 g/mol. The highest BCUT2D eigenvalue weighted by Crippen LogP contribution is 2.18. The number of aryl methyl sites for hydroxylation is 1. The van der Waals surface area contributed by atoms with E-state index in [-0.39, 0.29) is 18.0 Å². The third-order valence-electron chi connectivity index (χ3n) is 4.40. The molecule has 0 saturated carbocycles. The Morgan fingerprint density at radius 3 is 2.13 bits per heavy atom. The number of nitrogens with zero attached hydrogens (tertiary/aromatic N) is 1. The highest BCUT2D eigenvalue weighted by Gasteiger charge is 2.29. The molecule has 0 atom stereocenters. The molecule has 0 heterocycles. The minimum atomic E-state index is -4.07. The molecule has 0 aromatic heterocycles. The van der Waals surface area contributed by atoms with Crippen LogP contribution in [0.5, 0.6) is 0 Å². The number of rotatable bonds is 7. The number of hydrogen-bond donors (Lipinski definition) is 0. The molecule has 0 aliphatic rings. The minimum absolute atomic E-state index is 0.0119. The molecule has 0 radical (unpaired) electrons. The van der Waals surface area contributed by atoms with E-state index in [9.17, 15) is 13.2 Å². The number of carbonyl (C=O) groups excluding carboxylic acids is 1. The van der Waals surface area contributed by atoms with Gasteiger partial charge >= 0.3 is 6.09 Å². The van der Waals surface area contributed by atoms with Crippen LogP contribution in [-0.2, 0) is 21.4 Å². The molecule has 0 unspecified atom stereocenters. The standard InChI is InChI=1S/C24H23NO4S/c1-20-14-16-23(17-15-20)30(27,28)25(18-8-13-21-9-4-2-5-10-21)24(26)29-19-22-11-6-3-7-12-22/h2-17H,18-19H2,1H3/b13-8-. The van der Waals surface area contributed by atoms with Gasteiger partial charge in [0.05, 0.1) is 11.4 Å². The first-order chi connectivity index (χ1) is 14.5. The van der Waals surface area contributed by atoms with Crippen LogP contribution in [0.25, 0.3) is 6.08 Å². The zero-order chi connectivity index (χ0) is 21.4. The Labute approximate surface area is 177 Å². The minimum Gasteiger partial charge on any atom is -0.444 e. The van der Waals surface area contributed by atoms with E-state index in [2.05, 4.69) is 0 Å². The number of amides is 1. The second-order valence-electron chi connectivity index (χ2n) is 6.70. The predicted octanol–water partition coefficient (Wildman–Crippen LogP) is 5.04. The smallest absolute Gasteiger partial charge is 0.424 e. The molecule has 0 aliphatic carbocycles. The van der Waals surface area contributed by atoms with Crippen LogP contribution in [0.3, 0.4) is 0 Å². The Hall–Kier alpha value is -3.38. The van der Waals surface area contributed by atoms with Crippen molar-refractivity contribution in [2.24, 2.45) is 0 Å². The van der Waals surface area contributed by atoms with Crippen LogP contribution in [0.2, 0.25) is 0 Å². The van der Waals surface area contributed by atoms with Gasteiger partial charge in [0.25, 0.3) is 10.0 Å². The fourth-order valence-electron chi connectivity index (χ4n) is 2.75. The summed E-state index contributed by atoms with van der Waals surface area (Å²) in [6, 6.07) is 24.9. The van der Waals surface area contributed by atoms with Crippen molar-refractivity contribution in [1.29, 1.82) is 0 Å². The molecule has 3 aromatic carbocycles. The van der Waals surface area contributed by atoms with Gasteiger partial charge in [-0.3, -0.25) is 0 Å². The lowest BCUT2D eigenvalue weighted by Crippen LogP contribution is -2.37. The van der Waals surface area contributed by atoms with E-state index in [4.69, 9.17) is 4.74 Å². The summed E-state index contributed by atoms with van der Waals surface area (Å²) in [6.07, 6.45) is 2.48. The van der Waals surface area contributed by atoms with E-state index >= 15 is 0 Å². The Kier molecular flexibility index (Phi) is 7.03. The highest BCUT2D eigenvalue weighted by molar-refractivity contribution is 7.89. The van der Waals surface area contributed by atoms with Gasteiger partial charge in [0, 0.05) is 0 Å². The Balaban J connectivity index is 1.82. The van der Waals surface area contributed by atoms with Gasteiger partial charge in [-0.2, -0.15) is 4.31 Å². The Morgan fingerprint density at radius 2 is 1.50 bits per heavy atom. The topological polar surface area (TPSA) is 63.7 Å². The van der Waals surface area contributed by atoms with E-state index in [0.29, 0.717) is 0 Å². The maximum Gasteiger partial charge on any atom is 0.424 e. The maximum absolute atomic E-state index is 13.1. The summed E-state index contributed by atoms with van der Waals surface area (Å²) >= 11 is 0. The highest BCUT2D eigenvalue weighted by atomic mass is 32.2. The van der Waals surface area contributed by atoms with Crippen LogP contribution in [0.15, 0.2) is 95.9 Å². The second kappa shape index (κ2) is 9.89. The van der Waals surface area contributed by atoms with Crippen LogP contribution in [0, 0.1) is 6.92 Å². The first-order valence-electron chi connectivity index (χ1n) is 9.48.